The van der Waals surface area contributed by atoms with E-state index in [2.05, 4.69) is 15.3 Å². The first-order chi connectivity index (χ1) is 25.8. The van der Waals surface area contributed by atoms with E-state index in [1.165, 1.54) is 19.9 Å². The van der Waals surface area contributed by atoms with Gasteiger partial charge in [-0.25, -0.2) is 4.79 Å². The number of furan rings is 2. The molecule has 0 unspecified atom stereocenters. The fourth-order valence-corrected chi connectivity index (χ4v) is 5.17. The number of ether oxygens (including phenoxy) is 7. The van der Waals surface area contributed by atoms with Crippen molar-refractivity contribution >= 4 is 47.7 Å². The second-order valence-corrected chi connectivity index (χ2v) is 11.6. The van der Waals surface area contributed by atoms with Crippen LogP contribution in [0.1, 0.15) is 104 Å². The molecule has 0 aliphatic heterocycles. The fourth-order valence-electron chi connectivity index (χ4n) is 5.17. The Balaban J connectivity index is 2.59. The van der Waals surface area contributed by atoms with Crippen LogP contribution >= 0.6 is 0 Å². The van der Waals surface area contributed by atoms with E-state index in [-0.39, 0.29) is 40.8 Å². The van der Waals surface area contributed by atoms with Crippen LogP contribution in [0.4, 0.5) is 0 Å². The highest BCUT2D eigenvalue weighted by Crippen LogP contribution is 2.33. The number of hydrogen-bond donors (Lipinski definition) is 1. The number of amides is 1. The van der Waals surface area contributed by atoms with Crippen LogP contribution in [0.3, 0.4) is 0 Å². The summed E-state index contributed by atoms with van der Waals surface area (Å²) in [5.74, 6) is -7.47. The number of azide groups is 1. The van der Waals surface area contributed by atoms with Gasteiger partial charge < -0.3 is 47.3 Å². The predicted octanol–water partition coefficient (Wildman–Crippen LogP) is 3.34. The van der Waals surface area contributed by atoms with Crippen molar-refractivity contribution in [2.24, 2.45) is 5.11 Å². The van der Waals surface area contributed by atoms with Crippen LogP contribution in [0.2, 0.25) is 0 Å². The van der Waals surface area contributed by atoms with E-state index >= 15 is 0 Å². The number of rotatable bonds is 19. The largest absolute Gasteiger partial charge is 0.462 e. The Bertz CT molecular complexity index is 1800. The third-order valence-electron chi connectivity index (χ3n) is 7.12. The van der Waals surface area contributed by atoms with Crippen molar-refractivity contribution in [3.63, 3.8) is 0 Å². The van der Waals surface area contributed by atoms with Gasteiger partial charge in [0.15, 0.2) is 30.5 Å². The third kappa shape index (κ3) is 13.5. The van der Waals surface area contributed by atoms with Gasteiger partial charge in [0, 0.05) is 46.5 Å². The van der Waals surface area contributed by atoms with Gasteiger partial charge >= 0.3 is 41.8 Å². The van der Waals surface area contributed by atoms with Gasteiger partial charge in [0.05, 0.1) is 25.3 Å². The molecule has 21 nitrogen and oxygen atoms in total. The minimum Gasteiger partial charge on any atom is -0.462 e. The molecule has 55 heavy (non-hydrogen) atoms. The van der Waals surface area contributed by atoms with Crippen LogP contribution in [-0.2, 0) is 61.9 Å². The molecule has 6 atom stereocenters. The summed E-state index contributed by atoms with van der Waals surface area (Å²) in [6.45, 7) is 9.44. The highest BCUT2D eigenvalue weighted by Gasteiger charge is 2.43. The molecular weight excluding hydrogens is 736 g/mol. The zero-order chi connectivity index (χ0) is 41.6. The van der Waals surface area contributed by atoms with Crippen LogP contribution in [0.15, 0.2) is 26.1 Å². The molecule has 2 aromatic rings. The molecular formula is C34H42N4O17. The van der Waals surface area contributed by atoms with Crippen molar-refractivity contribution in [1.29, 1.82) is 0 Å². The molecule has 21 heteroatoms. The molecule has 0 saturated heterocycles. The summed E-state index contributed by atoms with van der Waals surface area (Å²) in [6, 6.07) is 2.33. The highest BCUT2D eigenvalue weighted by molar-refractivity contribution is 5.95. The Hall–Kier alpha value is -6.37. The van der Waals surface area contributed by atoms with Gasteiger partial charge in [-0.1, -0.05) is 5.11 Å². The molecule has 300 valence electrons. The number of nitrogens with one attached hydrogen (secondary N) is 1. The minimum absolute atomic E-state index is 0.0286. The van der Waals surface area contributed by atoms with Crippen molar-refractivity contribution < 1.29 is 80.3 Å². The SMILES string of the molecule is CCOC(=O)c1cc([C@@H](OC(C)=O)[C@H](OC(C)=O)[C@@H](CNC(=O)c2cc([C@@H](OC(C)=O)[C@H](OC(C)=O)[C@@H](CN=[N+]=[N-])OC(C)=O)oc2C)OC(C)=O)oc1C. The number of aryl methyl sites for hydroxylation is 2. The van der Waals surface area contributed by atoms with E-state index in [4.69, 9.17) is 47.5 Å². The molecule has 0 aliphatic rings. The van der Waals surface area contributed by atoms with E-state index in [9.17, 15) is 38.4 Å². The summed E-state index contributed by atoms with van der Waals surface area (Å²) in [4.78, 5) is 102. The summed E-state index contributed by atoms with van der Waals surface area (Å²) < 4.78 is 48.7. The second kappa shape index (κ2) is 20.8. The second-order valence-electron chi connectivity index (χ2n) is 11.6. The molecule has 1 N–H and O–H groups in total. The maximum Gasteiger partial charge on any atom is 0.341 e. The fraction of sp³-hybridized carbons (Fsp3) is 0.529. The lowest BCUT2D eigenvalue weighted by Gasteiger charge is -2.31. The number of nitrogens with zero attached hydrogens (tertiary/aromatic N) is 3. The molecule has 0 bridgehead atoms. The van der Waals surface area contributed by atoms with E-state index < -0.39 is 97.4 Å². The highest BCUT2D eigenvalue weighted by atomic mass is 16.6. The monoisotopic (exact) mass is 778 g/mol. The van der Waals surface area contributed by atoms with Gasteiger partial charge in [0.25, 0.3) is 5.91 Å². The smallest absolute Gasteiger partial charge is 0.341 e. The van der Waals surface area contributed by atoms with Crippen LogP contribution in [0.25, 0.3) is 10.4 Å². The van der Waals surface area contributed by atoms with E-state index in [1.54, 1.807) is 6.92 Å². The van der Waals surface area contributed by atoms with Gasteiger partial charge in [-0.3, -0.25) is 33.6 Å². The molecule has 0 radical (unpaired) electrons. The first-order valence-corrected chi connectivity index (χ1v) is 16.5. The standard InChI is InChI=1S/C34H42N4O17/c1-10-47-34(46)24-12-26(49-16(24)3)30(53-20(7)42)31(54-21(8)43)27(50-17(4)39)13-36-33(45)23-11-25(48-15(23)2)29(52-19(6)41)32(55-22(9)44)28(14-37-38-35)51-18(5)40/h11-12,27-32H,10,13-14H2,1-9H3,(H,36,45)/t27-,28-,29-,30-,31-,32-/m1/s1. The topological polar surface area (TPSA) is 288 Å². The van der Waals surface area contributed by atoms with E-state index in [0.717, 1.165) is 47.6 Å². The normalized spacial score (nSPS) is 13.9. The average molecular weight is 779 g/mol. The Morgan fingerprint density at radius 3 is 1.53 bits per heavy atom. The van der Waals surface area contributed by atoms with Crippen molar-refractivity contribution in [2.75, 3.05) is 19.7 Å². The Labute approximate surface area is 313 Å². The molecule has 2 rings (SSSR count). The molecule has 2 heterocycles. The van der Waals surface area contributed by atoms with Gasteiger partial charge in [-0.2, -0.15) is 0 Å². The van der Waals surface area contributed by atoms with Crippen LogP contribution in [0.5, 0.6) is 0 Å². The maximum absolute atomic E-state index is 13.6. The molecule has 2 aromatic heterocycles. The van der Waals surface area contributed by atoms with Crippen LogP contribution in [0, 0.1) is 13.8 Å². The molecule has 0 aliphatic carbocycles. The van der Waals surface area contributed by atoms with Crippen molar-refractivity contribution in [3.05, 3.63) is 56.7 Å². The summed E-state index contributed by atoms with van der Waals surface area (Å²) in [6.07, 6.45) is -9.62. The Morgan fingerprint density at radius 2 is 1.09 bits per heavy atom. The minimum atomic E-state index is -1.67. The summed E-state index contributed by atoms with van der Waals surface area (Å²) in [7, 11) is 0. The lowest BCUT2D eigenvalue weighted by molar-refractivity contribution is -0.184. The number of hydrogen-bond acceptors (Lipinski definition) is 18. The Morgan fingerprint density at radius 1 is 0.673 bits per heavy atom. The average Bonchev–Trinajstić information content (AvgIpc) is 3.66. The van der Waals surface area contributed by atoms with Gasteiger partial charge in [-0.15, -0.1) is 0 Å². The Kier molecular flexibility index (Phi) is 16.9. The lowest BCUT2D eigenvalue weighted by Crippen LogP contribution is -2.47. The summed E-state index contributed by atoms with van der Waals surface area (Å²) in [5, 5.41) is 5.89. The molecule has 0 aromatic carbocycles. The van der Waals surface area contributed by atoms with Gasteiger partial charge in [0.2, 0.25) is 0 Å². The van der Waals surface area contributed by atoms with E-state index in [1.807, 2.05) is 0 Å². The number of carbonyl (C=O) groups is 8. The molecule has 0 fully saturated rings. The molecule has 0 saturated carbocycles. The van der Waals surface area contributed by atoms with E-state index in [0.29, 0.717) is 0 Å². The molecule has 1 amide bonds. The van der Waals surface area contributed by atoms with Crippen molar-refractivity contribution in [3.8, 4) is 0 Å². The van der Waals surface area contributed by atoms with Crippen molar-refractivity contribution in [2.45, 2.75) is 98.9 Å². The van der Waals surface area contributed by atoms with Gasteiger partial charge in [0.1, 0.15) is 34.7 Å². The zero-order valence-corrected chi connectivity index (χ0v) is 31.5. The van der Waals surface area contributed by atoms with Crippen molar-refractivity contribution in [1.82, 2.24) is 5.32 Å². The zero-order valence-electron chi connectivity index (χ0n) is 31.5. The number of carbonyl (C=O) groups excluding carboxylic acids is 8. The predicted molar refractivity (Wildman–Crippen MR) is 180 cm³/mol. The summed E-state index contributed by atoms with van der Waals surface area (Å²) >= 11 is 0. The summed E-state index contributed by atoms with van der Waals surface area (Å²) in [5.41, 5.74) is 8.66. The third-order valence-corrected chi connectivity index (χ3v) is 7.12. The maximum atomic E-state index is 13.6. The quantitative estimate of drug-likeness (QED) is 0.0703. The van der Waals surface area contributed by atoms with Gasteiger partial charge in [-0.05, 0) is 38.4 Å². The lowest BCUT2D eigenvalue weighted by atomic mass is 10.0. The molecule has 0 spiro atoms. The first kappa shape index (κ1) is 44.8. The first-order valence-electron chi connectivity index (χ1n) is 16.5. The van der Waals surface area contributed by atoms with Crippen LogP contribution < -0.4 is 5.32 Å². The number of esters is 7. The van der Waals surface area contributed by atoms with Crippen LogP contribution in [-0.4, -0.2) is 91.8 Å².